The third-order valence-corrected chi connectivity index (χ3v) is 3.94. The van der Waals surface area contributed by atoms with E-state index in [1.807, 2.05) is 0 Å². The van der Waals surface area contributed by atoms with Crippen LogP contribution in [-0.2, 0) is 4.79 Å². The van der Waals surface area contributed by atoms with Crippen molar-refractivity contribution in [3.63, 3.8) is 0 Å². The summed E-state index contributed by atoms with van der Waals surface area (Å²) in [4.78, 5) is 11.5. The van der Waals surface area contributed by atoms with E-state index in [0.29, 0.717) is 6.42 Å². The van der Waals surface area contributed by atoms with Gasteiger partial charge >= 0.3 is 0 Å². The zero-order chi connectivity index (χ0) is 13.1. The fraction of sp³-hybridized carbons (Fsp3) is 0.933. The summed E-state index contributed by atoms with van der Waals surface area (Å²) < 4.78 is 0. The Morgan fingerprint density at radius 2 is 1.74 bits per heavy atom. The molecule has 0 aromatic heterocycles. The van der Waals surface area contributed by atoms with E-state index in [2.05, 4.69) is 5.32 Å². The number of halogens is 1. The van der Waals surface area contributed by atoms with Crippen LogP contribution in [0.25, 0.3) is 0 Å². The van der Waals surface area contributed by atoms with Gasteiger partial charge in [-0.15, -0.1) is 12.4 Å². The molecule has 0 unspecified atom stereocenters. The van der Waals surface area contributed by atoms with E-state index in [4.69, 9.17) is 5.73 Å². The van der Waals surface area contributed by atoms with Crippen molar-refractivity contribution in [1.29, 1.82) is 0 Å². The highest BCUT2D eigenvalue weighted by atomic mass is 35.5. The minimum atomic E-state index is 0. The molecular formula is C15H31ClN2O. The highest BCUT2D eigenvalue weighted by Crippen LogP contribution is 2.28. The normalized spacial score (nSPS) is 15.2. The fourth-order valence-corrected chi connectivity index (χ4v) is 2.79. The maximum atomic E-state index is 11.5. The van der Waals surface area contributed by atoms with Gasteiger partial charge in [-0.25, -0.2) is 0 Å². The molecule has 0 aromatic rings. The van der Waals surface area contributed by atoms with Crippen LogP contribution in [0.2, 0.25) is 0 Å². The first-order chi connectivity index (χ1) is 8.83. The van der Waals surface area contributed by atoms with E-state index in [-0.39, 0.29) is 18.3 Å². The number of unbranched alkanes of at least 4 members (excludes halogenated alkanes) is 3. The molecule has 1 saturated carbocycles. The Balaban J connectivity index is 0.00000324. The molecular weight excluding hydrogens is 260 g/mol. The summed E-state index contributed by atoms with van der Waals surface area (Å²) in [6.07, 6.45) is 13.2. The molecule has 0 radical (unpaired) electrons. The molecule has 1 aliphatic rings. The molecule has 1 fully saturated rings. The molecule has 0 atom stereocenters. The van der Waals surface area contributed by atoms with E-state index in [0.717, 1.165) is 51.1 Å². The number of amides is 1. The third-order valence-electron chi connectivity index (χ3n) is 3.94. The first-order valence-corrected chi connectivity index (χ1v) is 7.79. The Bertz CT molecular complexity index is 218. The predicted octanol–water partition coefficient (Wildman–Crippen LogP) is 3.40. The highest BCUT2D eigenvalue weighted by molar-refractivity contribution is 5.85. The minimum absolute atomic E-state index is 0. The number of carbonyl (C=O) groups excluding carboxylic acids is 1. The molecule has 3 N–H and O–H groups in total. The largest absolute Gasteiger partial charge is 0.356 e. The van der Waals surface area contributed by atoms with Crippen LogP contribution in [-0.4, -0.2) is 19.0 Å². The van der Waals surface area contributed by atoms with Gasteiger partial charge in [0.05, 0.1) is 0 Å². The first kappa shape index (κ1) is 18.7. The number of rotatable bonds is 10. The van der Waals surface area contributed by atoms with Gasteiger partial charge in [0.25, 0.3) is 0 Å². The molecule has 0 spiro atoms. The van der Waals surface area contributed by atoms with Crippen molar-refractivity contribution >= 4 is 18.3 Å². The smallest absolute Gasteiger partial charge is 0.219 e. The second-order valence-corrected chi connectivity index (χ2v) is 5.60. The molecule has 19 heavy (non-hydrogen) atoms. The van der Waals surface area contributed by atoms with Crippen molar-refractivity contribution in [2.75, 3.05) is 13.1 Å². The summed E-state index contributed by atoms with van der Waals surface area (Å²) in [6, 6.07) is 0. The number of nitrogens with one attached hydrogen (secondary N) is 1. The van der Waals surface area contributed by atoms with Gasteiger partial charge in [0, 0.05) is 13.0 Å². The maximum absolute atomic E-state index is 11.5. The van der Waals surface area contributed by atoms with Gasteiger partial charge < -0.3 is 11.1 Å². The lowest BCUT2D eigenvalue weighted by atomic mass is 10.0. The van der Waals surface area contributed by atoms with Crippen LogP contribution in [0.5, 0.6) is 0 Å². The number of nitrogens with two attached hydrogens (primary N) is 1. The molecule has 114 valence electrons. The van der Waals surface area contributed by atoms with Crippen molar-refractivity contribution < 1.29 is 4.79 Å². The zero-order valence-electron chi connectivity index (χ0n) is 12.2. The van der Waals surface area contributed by atoms with Crippen LogP contribution in [0.3, 0.4) is 0 Å². The van der Waals surface area contributed by atoms with Gasteiger partial charge in [-0.2, -0.15) is 0 Å². The number of hydrogen-bond acceptors (Lipinski definition) is 2. The molecule has 0 bridgehead atoms. The summed E-state index contributed by atoms with van der Waals surface area (Å²) in [5.74, 6) is 1.17. The van der Waals surface area contributed by atoms with E-state index in [9.17, 15) is 4.79 Å². The summed E-state index contributed by atoms with van der Waals surface area (Å²) in [7, 11) is 0. The molecule has 1 rings (SSSR count). The van der Waals surface area contributed by atoms with Gasteiger partial charge in [0.1, 0.15) is 0 Å². The Labute approximate surface area is 124 Å². The second-order valence-electron chi connectivity index (χ2n) is 5.60. The lowest BCUT2D eigenvalue weighted by Gasteiger charge is -2.09. The molecule has 0 saturated heterocycles. The lowest BCUT2D eigenvalue weighted by Crippen LogP contribution is -2.24. The highest BCUT2D eigenvalue weighted by Gasteiger charge is 2.14. The average molecular weight is 291 g/mol. The SMILES string of the molecule is Cl.NCCCCCCC(=O)NCCCC1CCCC1. The molecule has 4 heteroatoms. The van der Waals surface area contributed by atoms with Crippen LogP contribution in [0.15, 0.2) is 0 Å². The van der Waals surface area contributed by atoms with Crippen LogP contribution >= 0.6 is 12.4 Å². The standard InChI is InChI=1S/C15H30N2O.ClH/c16-12-6-2-1-3-11-15(18)17-13-7-10-14-8-4-5-9-14;/h14H,1-13,16H2,(H,17,18);1H. The van der Waals surface area contributed by atoms with Crippen LogP contribution < -0.4 is 11.1 Å². The molecule has 3 nitrogen and oxygen atoms in total. The minimum Gasteiger partial charge on any atom is -0.356 e. The Morgan fingerprint density at radius 3 is 2.42 bits per heavy atom. The zero-order valence-corrected chi connectivity index (χ0v) is 13.0. The Kier molecular flexibility index (Phi) is 12.6. The molecule has 0 aromatic carbocycles. The van der Waals surface area contributed by atoms with Crippen LogP contribution in [0.1, 0.15) is 70.6 Å². The summed E-state index contributed by atoms with van der Waals surface area (Å²) in [6.45, 7) is 1.64. The van der Waals surface area contributed by atoms with Gasteiger partial charge in [0.15, 0.2) is 0 Å². The fourth-order valence-electron chi connectivity index (χ4n) is 2.79. The van der Waals surface area contributed by atoms with Gasteiger partial charge in [0.2, 0.25) is 5.91 Å². The number of hydrogen-bond donors (Lipinski definition) is 2. The predicted molar refractivity (Wildman–Crippen MR) is 83.6 cm³/mol. The van der Waals surface area contributed by atoms with Crippen LogP contribution in [0, 0.1) is 5.92 Å². The molecule has 0 heterocycles. The molecule has 0 aliphatic heterocycles. The number of carbonyl (C=O) groups is 1. The van der Waals surface area contributed by atoms with Gasteiger partial charge in [-0.3, -0.25) is 4.79 Å². The summed E-state index contributed by atoms with van der Waals surface area (Å²) in [5, 5.41) is 3.03. The lowest BCUT2D eigenvalue weighted by molar-refractivity contribution is -0.121. The summed E-state index contributed by atoms with van der Waals surface area (Å²) >= 11 is 0. The second kappa shape index (κ2) is 12.7. The van der Waals surface area contributed by atoms with Crippen molar-refractivity contribution in [3.8, 4) is 0 Å². The third kappa shape index (κ3) is 10.2. The Morgan fingerprint density at radius 1 is 1.05 bits per heavy atom. The quantitative estimate of drug-likeness (QED) is 0.606. The topological polar surface area (TPSA) is 55.1 Å². The first-order valence-electron chi connectivity index (χ1n) is 7.79. The maximum Gasteiger partial charge on any atom is 0.219 e. The van der Waals surface area contributed by atoms with Gasteiger partial charge in [-0.05, 0) is 38.1 Å². The van der Waals surface area contributed by atoms with E-state index < -0.39 is 0 Å². The van der Waals surface area contributed by atoms with E-state index >= 15 is 0 Å². The van der Waals surface area contributed by atoms with Crippen molar-refractivity contribution in [1.82, 2.24) is 5.32 Å². The van der Waals surface area contributed by atoms with E-state index in [1.165, 1.54) is 32.1 Å². The van der Waals surface area contributed by atoms with E-state index in [1.54, 1.807) is 0 Å². The summed E-state index contributed by atoms with van der Waals surface area (Å²) in [5.41, 5.74) is 5.42. The Hall–Kier alpha value is -0.280. The van der Waals surface area contributed by atoms with Crippen molar-refractivity contribution in [2.24, 2.45) is 11.7 Å². The molecule has 1 aliphatic carbocycles. The average Bonchev–Trinajstić information content (AvgIpc) is 2.87. The van der Waals surface area contributed by atoms with Crippen molar-refractivity contribution in [2.45, 2.75) is 70.6 Å². The van der Waals surface area contributed by atoms with Crippen LogP contribution in [0.4, 0.5) is 0 Å². The monoisotopic (exact) mass is 290 g/mol. The molecule has 1 amide bonds. The van der Waals surface area contributed by atoms with Crippen molar-refractivity contribution in [3.05, 3.63) is 0 Å². The van der Waals surface area contributed by atoms with Gasteiger partial charge in [-0.1, -0.05) is 38.5 Å².